The summed E-state index contributed by atoms with van der Waals surface area (Å²) in [4.78, 5) is 16.4. The molecule has 1 saturated carbocycles. The van der Waals surface area contributed by atoms with Crippen molar-refractivity contribution in [3.63, 3.8) is 0 Å². The van der Waals surface area contributed by atoms with Crippen LogP contribution in [0.1, 0.15) is 36.0 Å². The zero-order valence-electron chi connectivity index (χ0n) is 13.4. The molecule has 2 amide bonds. The van der Waals surface area contributed by atoms with Crippen molar-refractivity contribution in [3.05, 3.63) is 35.5 Å². The monoisotopic (exact) mass is 350 g/mol. The van der Waals surface area contributed by atoms with Gasteiger partial charge in [0.1, 0.15) is 0 Å². The largest absolute Gasteiger partial charge is 0.337 e. The molecule has 1 aromatic heterocycles. The van der Waals surface area contributed by atoms with Crippen molar-refractivity contribution in [2.45, 2.75) is 37.1 Å². The summed E-state index contributed by atoms with van der Waals surface area (Å²) in [6.07, 6.45) is 3.26. The fraction of sp³-hybridized carbons (Fsp3) is 0.400. The molecule has 0 atom stereocenters. The fourth-order valence-corrected chi connectivity index (χ4v) is 2.78. The number of sulfone groups is 1. The van der Waals surface area contributed by atoms with Crippen LogP contribution in [0.25, 0.3) is 0 Å². The minimum atomic E-state index is -3.34. The zero-order chi connectivity index (χ0) is 17.3. The molecule has 0 unspecified atom stereocenters. The quantitative estimate of drug-likeness (QED) is 0.852. The lowest BCUT2D eigenvalue weighted by Crippen LogP contribution is -2.28. The molecule has 1 fully saturated rings. The van der Waals surface area contributed by atoms with Crippen molar-refractivity contribution >= 4 is 21.6 Å². The standard InChI is InChI=1S/C15H18N4O4S/c1-9-3-6-11(24(2,21)22)7-12(9)17-15(20)16-8-13-18-14(19-23-13)10-4-5-10/h3,6-7,10H,4-5,8H2,1-2H3,(H2,16,17,20). The molecule has 1 heterocycles. The third kappa shape index (κ3) is 3.91. The van der Waals surface area contributed by atoms with Gasteiger partial charge < -0.3 is 15.2 Å². The number of nitrogens with zero attached hydrogens (tertiary/aromatic N) is 2. The summed E-state index contributed by atoms with van der Waals surface area (Å²) in [7, 11) is -3.34. The van der Waals surface area contributed by atoms with Crippen LogP contribution in [-0.2, 0) is 16.4 Å². The molecule has 0 bridgehead atoms. The Balaban J connectivity index is 1.61. The number of urea groups is 1. The maximum absolute atomic E-state index is 12.0. The highest BCUT2D eigenvalue weighted by molar-refractivity contribution is 7.90. The molecule has 128 valence electrons. The normalized spacial score (nSPS) is 14.4. The summed E-state index contributed by atoms with van der Waals surface area (Å²) in [6, 6.07) is 4.11. The molecule has 3 rings (SSSR count). The molecule has 2 aromatic rings. The lowest BCUT2D eigenvalue weighted by molar-refractivity contribution is 0.249. The van der Waals surface area contributed by atoms with Crippen molar-refractivity contribution in [3.8, 4) is 0 Å². The van der Waals surface area contributed by atoms with E-state index in [4.69, 9.17) is 4.52 Å². The van der Waals surface area contributed by atoms with E-state index in [2.05, 4.69) is 20.8 Å². The average molecular weight is 350 g/mol. The van der Waals surface area contributed by atoms with E-state index in [-0.39, 0.29) is 11.4 Å². The van der Waals surface area contributed by atoms with Gasteiger partial charge >= 0.3 is 6.03 Å². The predicted octanol–water partition coefficient (Wildman–Crippen LogP) is 1.98. The molecule has 0 radical (unpaired) electrons. The van der Waals surface area contributed by atoms with Crippen LogP contribution in [0.15, 0.2) is 27.6 Å². The Hall–Kier alpha value is -2.42. The van der Waals surface area contributed by atoms with Crippen molar-refractivity contribution in [2.75, 3.05) is 11.6 Å². The van der Waals surface area contributed by atoms with E-state index in [0.29, 0.717) is 23.3 Å². The number of nitrogens with one attached hydrogen (secondary N) is 2. The van der Waals surface area contributed by atoms with Gasteiger partial charge in [-0.1, -0.05) is 11.2 Å². The minimum Gasteiger partial charge on any atom is -0.337 e. The van der Waals surface area contributed by atoms with Crippen LogP contribution in [0.4, 0.5) is 10.5 Å². The van der Waals surface area contributed by atoms with Gasteiger partial charge in [-0.05, 0) is 37.5 Å². The van der Waals surface area contributed by atoms with Gasteiger partial charge in [-0.25, -0.2) is 13.2 Å². The Morgan fingerprint density at radius 3 is 2.79 bits per heavy atom. The number of hydrogen-bond acceptors (Lipinski definition) is 6. The predicted molar refractivity (Wildman–Crippen MR) is 86.4 cm³/mol. The lowest BCUT2D eigenvalue weighted by Gasteiger charge is -2.10. The van der Waals surface area contributed by atoms with Crippen LogP contribution >= 0.6 is 0 Å². The van der Waals surface area contributed by atoms with E-state index in [1.54, 1.807) is 13.0 Å². The number of carbonyl (C=O) groups is 1. The summed E-state index contributed by atoms with van der Waals surface area (Å²) in [5.41, 5.74) is 1.19. The van der Waals surface area contributed by atoms with Crippen LogP contribution < -0.4 is 10.6 Å². The summed E-state index contributed by atoms with van der Waals surface area (Å²) < 4.78 is 28.3. The van der Waals surface area contributed by atoms with Gasteiger partial charge in [-0.15, -0.1) is 0 Å². The van der Waals surface area contributed by atoms with Gasteiger partial charge in [-0.2, -0.15) is 4.98 Å². The Labute approximate surface area is 139 Å². The zero-order valence-corrected chi connectivity index (χ0v) is 14.2. The van der Waals surface area contributed by atoms with Crippen molar-refractivity contribution in [1.82, 2.24) is 15.5 Å². The minimum absolute atomic E-state index is 0.108. The Morgan fingerprint density at radius 1 is 1.38 bits per heavy atom. The summed E-state index contributed by atoms with van der Waals surface area (Å²) in [5, 5.41) is 9.11. The van der Waals surface area contributed by atoms with Crippen LogP contribution in [-0.4, -0.2) is 30.8 Å². The molecule has 0 aliphatic heterocycles. The molecule has 9 heteroatoms. The maximum atomic E-state index is 12.0. The van der Waals surface area contributed by atoms with Gasteiger partial charge in [0.2, 0.25) is 5.89 Å². The molecular weight excluding hydrogens is 332 g/mol. The van der Waals surface area contributed by atoms with E-state index < -0.39 is 15.9 Å². The number of benzene rings is 1. The molecule has 1 aliphatic carbocycles. The van der Waals surface area contributed by atoms with Crippen LogP contribution in [0.5, 0.6) is 0 Å². The first-order chi connectivity index (χ1) is 11.3. The van der Waals surface area contributed by atoms with Gasteiger partial charge in [0.05, 0.1) is 11.4 Å². The molecule has 1 aliphatic rings. The fourth-order valence-electron chi connectivity index (χ4n) is 2.14. The molecule has 0 saturated heterocycles. The molecule has 1 aromatic carbocycles. The smallest absolute Gasteiger partial charge is 0.319 e. The average Bonchev–Trinajstić information content (AvgIpc) is 3.25. The highest BCUT2D eigenvalue weighted by Gasteiger charge is 2.28. The maximum Gasteiger partial charge on any atom is 0.319 e. The van der Waals surface area contributed by atoms with E-state index in [9.17, 15) is 13.2 Å². The number of amides is 2. The second kappa shape index (κ2) is 6.23. The SMILES string of the molecule is Cc1ccc(S(C)(=O)=O)cc1NC(=O)NCc1nc(C2CC2)no1. The first-order valence-corrected chi connectivity index (χ1v) is 9.40. The molecule has 8 nitrogen and oxygen atoms in total. The van der Waals surface area contributed by atoms with E-state index in [1.807, 2.05) is 0 Å². The number of anilines is 1. The first-order valence-electron chi connectivity index (χ1n) is 7.51. The summed E-state index contributed by atoms with van der Waals surface area (Å²) in [5.74, 6) is 1.41. The number of aromatic nitrogens is 2. The van der Waals surface area contributed by atoms with Crippen molar-refractivity contribution in [1.29, 1.82) is 0 Å². The first kappa shape index (κ1) is 16.4. The third-order valence-corrected chi connectivity index (χ3v) is 4.82. The van der Waals surface area contributed by atoms with Gasteiger partial charge in [0.25, 0.3) is 0 Å². The lowest BCUT2D eigenvalue weighted by atomic mass is 10.2. The molecule has 24 heavy (non-hydrogen) atoms. The summed E-state index contributed by atoms with van der Waals surface area (Å²) in [6.45, 7) is 1.89. The van der Waals surface area contributed by atoms with E-state index in [0.717, 1.165) is 24.7 Å². The topological polar surface area (TPSA) is 114 Å². The van der Waals surface area contributed by atoms with E-state index in [1.165, 1.54) is 12.1 Å². The molecular formula is C15H18N4O4S. The number of carbonyl (C=O) groups excluding carboxylic acids is 1. The third-order valence-electron chi connectivity index (χ3n) is 3.71. The molecule has 2 N–H and O–H groups in total. The Kier molecular flexibility index (Phi) is 4.27. The van der Waals surface area contributed by atoms with E-state index >= 15 is 0 Å². The van der Waals surface area contributed by atoms with Crippen molar-refractivity contribution in [2.24, 2.45) is 0 Å². The van der Waals surface area contributed by atoms with Crippen LogP contribution in [0, 0.1) is 6.92 Å². The van der Waals surface area contributed by atoms with Crippen molar-refractivity contribution < 1.29 is 17.7 Å². The number of hydrogen-bond donors (Lipinski definition) is 2. The number of aryl methyl sites for hydroxylation is 1. The molecule has 0 spiro atoms. The Morgan fingerprint density at radius 2 is 2.12 bits per heavy atom. The highest BCUT2D eigenvalue weighted by Crippen LogP contribution is 2.38. The second-order valence-electron chi connectivity index (χ2n) is 5.88. The number of rotatable bonds is 5. The van der Waals surface area contributed by atoms with Crippen LogP contribution in [0.2, 0.25) is 0 Å². The van der Waals surface area contributed by atoms with Gasteiger partial charge in [-0.3, -0.25) is 0 Å². The van der Waals surface area contributed by atoms with Crippen LogP contribution in [0.3, 0.4) is 0 Å². The van der Waals surface area contributed by atoms with Gasteiger partial charge in [0.15, 0.2) is 15.7 Å². The Bertz CT molecular complexity index is 871. The summed E-state index contributed by atoms with van der Waals surface area (Å²) >= 11 is 0. The second-order valence-corrected chi connectivity index (χ2v) is 7.89. The highest BCUT2D eigenvalue weighted by atomic mass is 32.2. The van der Waals surface area contributed by atoms with Gasteiger partial charge in [0, 0.05) is 17.9 Å².